The summed E-state index contributed by atoms with van der Waals surface area (Å²) in [7, 11) is 0. The van der Waals surface area contributed by atoms with Crippen molar-refractivity contribution >= 4 is 45.8 Å². The van der Waals surface area contributed by atoms with Gasteiger partial charge in [-0.2, -0.15) is 0 Å². The zero-order valence-corrected chi connectivity index (χ0v) is 17.9. The van der Waals surface area contributed by atoms with Gasteiger partial charge in [0.1, 0.15) is 0 Å². The molecule has 3 aromatic rings. The number of carbonyl (C=O) groups excluding carboxylic acids is 1. The van der Waals surface area contributed by atoms with Gasteiger partial charge in [0.2, 0.25) is 0 Å². The lowest BCUT2D eigenvalue weighted by Gasteiger charge is -2.15. The number of amides is 1. The fraction of sp³-hybridized carbons (Fsp3) is 0.150. The van der Waals surface area contributed by atoms with Crippen molar-refractivity contribution in [1.29, 1.82) is 0 Å². The van der Waals surface area contributed by atoms with E-state index in [1.165, 1.54) is 6.33 Å². The van der Waals surface area contributed by atoms with Gasteiger partial charge in [-0.15, -0.1) is 0 Å². The van der Waals surface area contributed by atoms with E-state index >= 15 is 0 Å². The fourth-order valence-electron chi connectivity index (χ4n) is 2.81. The van der Waals surface area contributed by atoms with Gasteiger partial charge in [0, 0.05) is 28.4 Å². The summed E-state index contributed by atoms with van der Waals surface area (Å²) in [5, 5.41) is 14.6. The molecule has 30 heavy (non-hydrogen) atoms. The van der Waals surface area contributed by atoms with E-state index < -0.39 is 40.3 Å². The summed E-state index contributed by atoms with van der Waals surface area (Å²) in [6, 6.07) is 6.01. The molecule has 3 rings (SSSR count). The number of aromatic nitrogens is 2. The number of carboxylic acid groups (broad SMARTS) is 1. The lowest BCUT2D eigenvalue weighted by atomic mass is 10.0. The zero-order valence-electron chi connectivity index (χ0n) is 15.7. The molecule has 1 aromatic heterocycles. The monoisotopic (exact) mass is 526 g/mol. The van der Waals surface area contributed by atoms with Crippen molar-refractivity contribution in [2.45, 2.75) is 13.3 Å². The standard InChI is InChI=1S/C20H17F2IN4O3/c1-10-6-11(23)2-3-15(10)27-18-14(20(29)30)7-13(16(21)17(18)22)19(28)25-5-4-12-8-24-9-26-12/h2-3,6-9,27H,4-5H2,1H3,(H,24,26)(H,25,28)(H,29,30). The van der Waals surface area contributed by atoms with Gasteiger partial charge in [0.25, 0.3) is 5.91 Å². The average molecular weight is 526 g/mol. The van der Waals surface area contributed by atoms with Crippen LogP contribution in [-0.2, 0) is 6.42 Å². The Morgan fingerprint density at radius 3 is 2.60 bits per heavy atom. The Morgan fingerprint density at radius 2 is 1.97 bits per heavy atom. The van der Waals surface area contributed by atoms with Crippen LogP contribution >= 0.6 is 22.6 Å². The number of aromatic carboxylic acids is 1. The van der Waals surface area contributed by atoms with Gasteiger partial charge in [-0.1, -0.05) is 0 Å². The number of H-pyrrole nitrogens is 1. The molecule has 0 fully saturated rings. The molecule has 0 saturated carbocycles. The molecule has 0 radical (unpaired) electrons. The first-order valence-corrected chi connectivity index (χ1v) is 9.90. The Labute approximate surface area is 184 Å². The molecule has 10 heteroatoms. The van der Waals surface area contributed by atoms with Gasteiger partial charge in [-0.25, -0.2) is 18.6 Å². The van der Waals surface area contributed by atoms with E-state index in [0.29, 0.717) is 17.8 Å². The quantitative estimate of drug-likeness (QED) is 0.348. The van der Waals surface area contributed by atoms with E-state index in [1.54, 1.807) is 31.3 Å². The normalized spacial score (nSPS) is 10.7. The molecule has 0 aliphatic rings. The van der Waals surface area contributed by atoms with Gasteiger partial charge >= 0.3 is 5.97 Å². The third-order valence-electron chi connectivity index (χ3n) is 4.35. The highest BCUT2D eigenvalue weighted by Gasteiger charge is 2.26. The summed E-state index contributed by atoms with van der Waals surface area (Å²) < 4.78 is 30.4. The van der Waals surface area contributed by atoms with Crippen LogP contribution in [0.2, 0.25) is 0 Å². The second-order valence-corrected chi connectivity index (χ2v) is 7.68. The number of carboxylic acids is 1. The number of nitrogens with zero attached hydrogens (tertiary/aromatic N) is 1. The highest BCUT2D eigenvalue weighted by atomic mass is 127. The third kappa shape index (κ3) is 4.75. The van der Waals surface area contributed by atoms with Crippen molar-refractivity contribution in [1.82, 2.24) is 15.3 Å². The highest BCUT2D eigenvalue weighted by molar-refractivity contribution is 14.1. The average Bonchev–Trinajstić information content (AvgIpc) is 3.20. The van der Waals surface area contributed by atoms with Crippen LogP contribution in [0.15, 0.2) is 36.8 Å². The zero-order chi connectivity index (χ0) is 21.8. The molecule has 1 heterocycles. The first kappa shape index (κ1) is 21.7. The molecule has 0 saturated heterocycles. The number of halogens is 3. The molecule has 156 valence electrons. The molecule has 7 nitrogen and oxygen atoms in total. The maximum absolute atomic E-state index is 14.8. The minimum absolute atomic E-state index is 0.120. The van der Waals surface area contributed by atoms with Crippen LogP contribution in [0.3, 0.4) is 0 Å². The largest absolute Gasteiger partial charge is 0.478 e. The van der Waals surface area contributed by atoms with Gasteiger partial charge in [0.05, 0.1) is 28.8 Å². The van der Waals surface area contributed by atoms with Crippen LogP contribution in [0, 0.1) is 22.1 Å². The molecule has 4 N–H and O–H groups in total. The van der Waals surface area contributed by atoms with E-state index in [9.17, 15) is 23.5 Å². The van der Waals surface area contributed by atoms with Crippen molar-refractivity contribution in [3.8, 4) is 0 Å². The summed E-state index contributed by atoms with van der Waals surface area (Å²) in [4.78, 5) is 30.8. The topological polar surface area (TPSA) is 107 Å². The number of nitrogens with one attached hydrogen (secondary N) is 3. The third-order valence-corrected chi connectivity index (χ3v) is 5.02. The number of aryl methyl sites for hydroxylation is 1. The minimum Gasteiger partial charge on any atom is -0.478 e. The highest BCUT2D eigenvalue weighted by Crippen LogP contribution is 2.30. The Bertz CT molecular complexity index is 1100. The van der Waals surface area contributed by atoms with Crippen LogP contribution in [0.5, 0.6) is 0 Å². The number of aromatic amines is 1. The van der Waals surface area contributed by atoms with Crippen LogP contribution < -0.4 is 10.6 Å². The van der Waals surface area contributed by atoms with E-state index in [0.717, 1.165) is 15.2 Å². The molecule has 0 aliphatic carbocycles. The first-order valence-electron chi connectivity index (χ1n) is 8.82. The van der Waals surface area contributed by atoms with Gasteiger partial charge in [0.15, 0.2) is 11.6 Å². The van der Waals surface area contributed by atoms with Crippen LogP contribution in [-0.4, -0.2) is 33.5 Å². The SMILES string of the molecule is Cc1cc(I)ccc1Nc1c(C(=O)O)cc(C(=O)NCCc2c[nH]cn2)c(F)c1F. The van der Waals surface area contributed by atoms with E-state index in [4.69, 9.17) is 0 Å². The van der Waals surface area contributed by atoms with Crippen molar-refractivity contribution in [3.05, 3.63) is 74.4 Å². The Balaban J connectivity index is 1.89. The molecule has 2 aromatic carbocycles. The van der Waals surface area contributed by atoms with Crippen molar-refractivity contribution in [2.75, 3.05) is 11.9 Å². The summed E-state index contributed by atoms with van der Waals surface area (Å²) in [5.74, 6) is -5.28. The van der Waals surface area contributed by atoms with Crippen molar-refractivity contribution in [3.63, 3.8) is 0 Å². The Hall–Kier alpha value is -3.02. The smallest absolute Gasteiger partial charge is 0.337 e. The summed E-state index contributed by atoms with van der Waals surface area (Å²) in [6.07, 6.45) is 3.49. The number of carbonyl (C=O) groups is 2. The fourth-order valence-corrected chi connectivity index (χ4v) is 3.46. The number of anilines is 2. The predicted molar refractivity (Wildman–Crippen MR) is 115 cm³/mol. The van der Waals surface area contributed by atoms with Crippen LogP contribution in [0.4, 0.5) is 20.2 Å². The Kier molecular flexibility index (Phi) is 6.65. The van der Waals surface area contributed by atoms with Gasteiger partial charge < -0.3 is 20.7 Å². The van der Waals surface area contributed by atoms with E-state index in [-0.39, 0.29) is 6.54 Å². The van der Waals surface area contributed by atoms with Crippen molar-refractivity contribution in [2.24, 2.45) is 0 Å². The minimum atomic E-state index is -1.50. The summed E-state index contributed by atoms with van der Waals surface area (Å²) >= 11 is 2.10. The lowest BCUT2D eigenvalue weighted by molar-refractivity contribution is 0.0697. The lowest BCUT2D eigenvalue weighted by Crippen LogP contribution is -2.27. The maximum atomic E-state index is 14.8. The molecule has 0 spiro atoms. The molecule has 0 aliphatic heterocycles. The van der Waals surface area contributed by atoms with E-state index in [1.807, 2.05) is 0 Å². The van der Waals surface area contributed by atoms with Gasteiger partial charge in [-0.3, -0.25) is 4.79 Å². The number of hydrogen-bond donors (Lipinski definition) is 4. The summed E-state index contributed by atoms with van der Waals surface area (Å²) in [6.45, 7) is 1.87. The predicted octanol–water partition coefficient (Wildman–Crippen LogP) is 4.02. The number of rotatable bonds is 7. The first-order chi connectivity index (χ1) is 14.3. The molecule has 0 atom stereocenters. The number of imidazole rings is 1. The maximum Gasteiger partial charge on any atom is 0.337 e. The molecule has 0 bridgehead atoms. The van der Waals surface area contributed by atoms with Crippen LogP contribution in [0.1, 0.15) is 32.0 Å². The molecule has 1 amide bonds. The molecular weight excluding hydrogens is 509 g/mol. The Morgan fingerprint density at radius 1 is 1.20 bits per heavy atom. The van der Waals surface area contributed by atoms with Crippen LogP contribution in [0.25, 0.3) is 0 Å². The number of hydrogen-bond acceptors (Lipinski definition) is 4. The molecule has 0 unspecified atom stereocenters. The number of benzene rings is 2. The van der Waals surface area contributed by atoms with E-state index in [2.05, 4.69) is 43.2 Å². The van der Waals surface area contributed by atoms with Gasteiger partial charge in [-0.05, 0) is 59.3 Å². The van der Waals surface area contributed by atoms with Crippen molar-refractivity contribution < 1.29 is 23.5 Å². The summed E-state index contributed by atoms with van der Waals surface area (Å²) in [5.41, 5.74) is 0.0461. The molecular formula is C20H17F2IN4O3. The second-order valence-electron chi connectivity index (χ2n) is 6.43. The second kappa shape index (κ2) is 9.20.